The Morgan fingerprint density at radius 2 is 2.08 bits per heavy atom. The van der Waals surface area contributed by atoms with Gasteiger partial charge >= 0.3 is 0 Å². The standard InChI is InChI=1S/C9H10ClN2/c1-12(2)6-11-8-4-3-7(10)5-9(8)12/h3-6H,1-2H3/q+1. The molecule has 0 saturated heterocycles. The van der Waals surface area contributed by atoms with E-state index in [4.69, 9.17) is 11.6 Å². The molecule has 1 aliphatic rings. The van der Waals surface area contributed by atoms with Crippen LogP contribution in [0, 0.1) is 0 Å². The van der Waals surface area contributed by atoms with Gasteiger partial charge in [-0.3, -0.25) is 4.48 Å². The van der Waals surface area contributed by atoms with Gasteiger partial charge in [-0.05, 0) is 12.1 Å². The first-order valence-electron chi connectivity index (χ1n) is 3.79. The molecule has 0 aromatic heterocycles. The second kappa shape index (κ2) is 2.31. The molecule has 62 valence electrons. The highest BCUT2D eigenvalue weighted by atomic mass is 35.5. The van der Waals surface area contributed by atoms with Crippen molar-refractivity contribution in [3.05, 3.63) is 23.2 Å². The third-order valence-electron chi connectivity index (χ3n) is 2.04. The largest absolute Gasteiger partial charge is 0.252 e. The summed E-state index contributed by atoms with van der Waals surface area (Å²) >= 11 is 5.89. The molecule has 3 heteroatoms. The molecule has 2 nitrogen and oxygen atoms in total. The molecular weight excluding hydrogens is 172 g/mol. The minimum absolute atomic E-state index is 0.676. The van der Waals surface area contributed by atoms with E-state index in [0.29, 0.717) is 4.48 Å². The number of hydrogen-bond donors (Lipinski definition) is 0. The second-order valence-electron chi connectivity index (χ2n) is 3.42. The summed E-state index contributed by atoms with van der Waals surface area (Å²) < 4.78 is 0.676. The molecule has 12 heavy (non-hydrogen) atoms. The van der Waals surface area contributed by atoms with E-state index in [2.05, 4.69) is 19.1 Å². The smallest absolute Gasteiger partial charge is 0.195 e. The lowest BCUT2D eigenvalue weighted by Crippen LogP contribution is -2.36. The number of halogens is 1. The molecule has 0 atom stereocenters. The normalized spacial score (nSPS) is 17.9. The molecule has 0 N–H and O–H groups in total. The highest BCUT2D eigenvalue weighted by molar-refractivity contribution is 6.31. The summed E-state index contributed by atoms with van der Waals surface area (Å²) in [5.74, 6) is 0. The molecule has 0 radical (unpaired) electrons. The van der Waals surface area contributed by atoms with Crippen molar-refractivity contribution in [2.75, 3.05) is 14.1 Å². The zero-order chi connectivity index (χ0) is 8.77. The van der Waals surface area contributed by atoms with Gasteiger partial charge in [-0.1, -0.05) is 11.6 Å². The Morgan fingerprint density at radius 1 is 1.33 bits per heavy atom. The molecule has 0 bridgehead atoms. The number of rotatable bonds is 0. The predicted molar refractivity (Wildman–Crippen MR) is 53.2 cm³/mol. The van der Waals surface area contributed by atoms with Gasteiger partial charge in [-0.2, -0.15) is 4.99 Å². The quantitative estimate of drug-likeness (QED) is 0.546. The molecule has 0 saturated carbocycles. The van der Waals surface area contributed by atoms with E-state index < -0.39 is 0 Å². The lowest BCUT2D eigenvalue weighted by atomic mass is 10.2. The van der Waals surface area contributed by atoms with Gasteiger partial charge in [0.15, 0.2) is 12.0 Å². The Hall–Kier alpha value is -0.860. The van der Waals surface area contributed by atoms with Crippen LogP contribution in [0.5, 0.6) is 0 Å². The Bertz CT molecular complexity index is 356. The fraction of sp³-hybridized carbons (Fsp3) is 0.222. The van der Waals surface area contributed by atoms with Crippen molar-refractivity contribution in [3.8, 4) is 0 Å². The van der Waals surface area contributed by atoms with Gasteiger partial charge in [-0.25, -0.2) is 0 Å². The van der Waals surface area contributed by atoms with Crippen LogP contribution >= 0.6 is 11.6 Å². The first-order valence-corrected chi connectivity index (χ1v) is 4.16. The Labute approximate surface area is 76.7 Å². The zero-order valence-corrected chi connectivity index (χ0v) is 7.84. The first kappa shape index (κ1) is 7.77. The van der Waals surface area contributed by atoms with Crippen molar-refractivity contribution < 1.29 is 0 Å². The van der Waals surface area contributed by atoms with Crippen LogP contribution in [0.2, 0.25) is 5.02 Å². The van der Waals surface area contributed by atoms with E-state index in [0.717, 1.165) is 16.4 Å². The van der Waals surface area contributed by atoms with Crippen LogP contribution in [-0.4, -0.2) is 20.4 Å². The molecular formula is C9H10ClN2+. The van der Waals surface area contributed by atoms with Crippen LogP contribution in [0.15, 0.2) is 23.2 Å². The summed E-state index contributed by atoms with van der Waals surface area (Å²) in [5, 5.41) is 0.769. The summed E-state index contributed by atoms with van der Waals surface area (Å²) in [6, 6.07) is 5.77. The van der Waals surface area contributed by atoms with Crippen molar-refractivity contribution in [2.24, 2.45) is 4.99 Å². The molecule has 1 aromatic carbocycles. The maximum atomic E-state index is 5.89. The van der Waals surface area contributed by atoms with Crippen LogP contribution in [0.4, 0.5) is 11.4 Å². The van der Waals surface area contributed by atoms with Crippen LogP contribution in [0.3, 0.4) is 0 Å². The van der Waals surface area contributed by atoms with Crippen molar-refractivity contribution in [1.29, 1.82) is 0 Å². The van der Waals surface area contributed by atoms with Crippen LogP contribution < -0.4 is 4.48 Å². The second-order valence-corrected chi connectivity index (χ2v) is 3.85. The number of fused-ring (bicyclic) bond motifs is 1. The first-order chi connectivity index (χ1) is 5.59. The fourth-order valence-electron chi connectivity index (χ4n) is 1.34. The third kappa shape index (κ3) is 1.04. The van der Waals surface area contributed by atoms with E-state index in [-0.39, 0.29) is 0 Å². The van der Waals surface area contributed by atoms with E-state index >= 15 is 0 Å². The number of hydrogen-bond acceptors (Lipinski definition) is 1. The lowest BCUT2D eigenvalue weighted by molar-refractivity contribution is 0.625. The topological polar surface area (TPSA) is 12.4 Å². The molecule has 1 heterocycles. The van der Waals surface area contributed by atoms with E-state index in [9.17, 15) is 0 Å². The molecule has 1 aliphatic heterocycles. The van der Waals surface area contributed by atoms with Gasteiger partial charge in [0.1, 0.15) is 5.69 Å². The van der Waals surface area contributed by atoms with Gasteiger partial charge in [0, 0.05) is 11.1 Å². The number of quaternary nitrogens is 1. The van der Waals surface area contributed by atoms with E-state index in [1.165, 1.54) is 0 Å². The van der Waals surface area contributed by atoms with Crippen LogP contribution in [0.1, 0.15) is 0 Å². The van der Waals surface area contributed by atoms with Gasteiger partial charge in [0.2, 0.25) is 0 Å². The summed E-state index contributed by atoms with van der Waals surface area (Å²) in [7, 11) is 4.15. The zero-order valence-electron chi connectivity index (χ0n) is 7.08. The number of nitrogens with zero attached hydrogens (tertiary/aromatic N) is 2. The lowest BCUT2D eigenvalue weighted by Gasteiger charge is -2.18. The van der Waals surface area contributed by atoms with Gasteiger partial charge < -0.3 is 0 Å². The summed E-state index contributed by atoms with van der Waals surface area (Å²) in [6.45, 7) is 0. The van der Waals surface area contributed by atoms with E-state index in [1.807, 2.05) is 24.5 Å². The number of aliphatic imine (C=N–C) groups is 1. The van der Waals surface area contributed by atoms with Crippen molar-refractivity contribution in [3.63, 3.8) is 0 Å². The molecule has 0 amide bonds. The minimum atomic E-state index is 0.676. The Balaban J connectivity index is 2.63. The minimum Gasteiger partial charge on any atom is -0.252 e. The number of benzene rings is 1. The maximum Gasteiger partial charge on any atom is 0.195 e. The van der Waals surface area contributed by atoms with E-state index in [1.54, 1.807) is 0 Å². The van der Waals surface area contributed by atoms with Crippen molar-refractivity contribution >= 4 is 29.3 Å². The molecule has 0 spiro atoms. The Kier molecular flexibility index (Phi) is 1.50. The SMILES string of the molecule is C[N+]1(C)C=Nc2ccc(Cl)cc21. The van der Waals surface area contributed by atoms with Gasteiger partial charge in [0.05, 0.1) is 14.1 Å². The molecule has 0 fully saturated rings. The average Bonchev–Trinajstić information content (AvgIpc) is 2.28. The molecule has 0 unspecified atom stereocenters. The highest BCUT2D eigenvalue weighted by Gasteiger charge is 2.26. The predicted octanol–water partition coefficient (Wildman–Crippen LogP) is 2.58. The van der Waals surface area contributed by atoms with Crippen molar-refractivity contribution in [1.82, 2.24) is 4.48 Å². The highest BCUT2D eigenvalue weighted by Crippen LogP contribution is 2.37. The van der Waals surface area contributed by atoms with Gasteiger partial charge in [0.25, 0.3) is 0 Å². The maximum absolute atomic E-state index is 5.89. The van der Waals surface area contributed by atoms with Crippen molar-refractivity contribution in [2.45, 2.75) is 0 Å². The monoisotopic (exact) mass is 181 g/mol. The molecule has 0 aliphatic carbocycles. The van der Waals surface area contributed by atoms with Crippen LogP contribution in [0.25, 0.3) is 0 Å². The summed E-state index contributed by atoms with van der Waals surface area (Å²) in [5.41, 5.74) is 2.17. The summed E-state index contributed by atoms with van der Waals surface area (Å²) in [4.78, 5) is 4.28. The summed E-state index contributed by atoms with van der Waals surface area (Å²) in [6.07, 6.45) is 1.90. The average molecular weight is 182 g/mol. The van der Waals surface area contributed by atoms with Gasteiger partial charge in [-0.15, -0.1) is 0 Å². The fourth-order valence-corrected chi connectivity index (χ4v) is 1.50. The molecule has 2 rings (SSSR count). The molecule has 1 aromatic rings. The van der Waals surface area contributed by atoms with Crippen LogP contribution in [-0.2, 0) is 0 Å². The Morgan fingerprint density at radius 3 is 2.83 bits per heavy atom. The third-order valence-corrected chi connectivity index (χ3v) is 2.28.